The highest BCUT2D eigenvalue weighted by molar-refractivity contribution is 7.89. The summed E-state index contributed by atoms with van der Waals surface area (Å²) < 4.78 is 27.3. The number of ketones is 1. The van der Waals surface area contributed by atoms with Crippen molar-refractivity contribution in [2.75, 3.05) is 18.4 Å². The van der Waals surface area contributed by atoms with Gasteiger partial charge in [0.05, 0.1) is 16.1 Å². The van der Waals surface area contributed by atoms with Gasteiger partial charge in [-0.15, -0.1) is 0 Å². The lowest BCUT2D eigenvalue weighted by molar-refractivity contribution is -0.120. The molecule has 1 fully saturated rings. The Morgan fingerprint density at radius 2 is 1.72 bits per heavy atom. The van der Waals surface area contributed by atoms with E-state index >= 15 is 0 Å². The number of anilines is 1. The van der Waals surface area contributed by atoms with Crippen molar-refractivity contribution in [2.45, 2.75) is 31.6 Å². The second-order valence-corrected chi connectivity index (χ2v) is 10.0. The van der Waals surface area contributed by atoms with Crippen LogP contribution in [0.4, 0.5) is 5.69 Å². The molecule has 4 rings (SSSR count). The number of hydrogen-bond acceptors (Lipinski definition) is 5. The Hall–Kier alpha value is -3.10. The molecule has 1 saturated heterocycles. The fourth-order valence-electron chi connectivity index (χ4n) is 4.03. The lowest BCUT2D eigenvalue weighted by Crippen LogP contribution is -2.41. The van der Waals surface area contributed by atoms with Gasteiger partial charge in [-0.3, -0.25) is 14.6 Å². The van der Waals surface area contributed by atoms with Gasteiger partial charge in [0.15, 0.2) is 5.78 Å². The number of rotatable bonds is 5. The van der Waals surface area contributed by atoms with Gasteiger partial charge >= 0.3 is 0 Å². The summed E-state index contributed by atoms with van der Waals surface area (Å²) in [7, 11) is -3.66. The van der Waals surface area contributed by atoms with E-state index in [0.29, 0.717) is 24.1 Å². The number of Topliss-reactive ketones (excluding diaryl/α,β-unsaturated/α-hetero) is 1. The Bertz CT molecular complexity index is 1280. The van der Waals surface area contributed by atoms with E-state index in [4.69, 9.17) is 0 Å². The highest BCUT2D eigenvalue weighted by atomic mass is 32.2. The molecular formula is C24H25N3O4S. The van der Waals surface area contributed by atoms with Crippen molar-refractivity contribution in [3.8, 4) is 0 Å². The van der Waals surface area contributed by atoms with Crippen LogP contribution in [0.25, 0.3) is 10.9 Å². The highest BCUT2D eigenvalue weighted by Gasteiger charge is 2.32. The van der Waals surface area contributed by atoms with Gasteiger partial charge in [-0.2, -0.15) is 4.31 Å². The van der Waals surface area contributed by atoms with Gasteiger partial charge in [0.2, 0.25) is 15.9 Å². The van der Waals surface area contributed by atoms with Crippen molar-refractivity contribution in [2.24, 2.45) is 5.92 Å². The SMILES string of the molecule is CC(=O)c1ccc(S(=O)(=O)N2CCC(C(=O)Nc3ccc(C)c4ncccc34)CC2)cc1. The zero-order chi connectivity index (χ0) is 22.9. The lowest BCUT2D eigenvalue weighted by Gasteiger charge is -2.30. The van der Waals surface area contributed by atoms with E-state index in [1.54, 1.807) is 6.20 Å². The summed E-state index contributed by atoms with van der Waals surface area (Å²) in [5.74, 6) is -0.491. The minimum atomic E-state index is -3.66. The number of piperidine rings is 1. The van der Waals surface area contributed by atoms with Crippen molar-refractivity contribution in [3.63, 3.8) is 0 Å². The molecule has 7 nitrogen and oxygen atoms in total. The Morgan fingerprint density at radius 1 is 1.03 bits per heavy atom. The topological polar surface area (TPSA) is 96.4 Å². The third-order valence-corrected chi connectivity index (χ3v) is 7.87. The van der Waals surface area contributed by atoms with Gasteiger partial charge in [0.25, 0.3) is 0 Å². The number of aryl methyl sites for hydroxylation is 1. The summed E-state index contributed by atoms with van der Waals surface area (Å²) in [6.45, 7) is 3.95. The van der Waals surface area contributed by atoms with Crippen LogP contribution in [0.1, 0.15) is 35.7 Å². The lowest BCUT2D eigenvalue weighted by atomic mass is 9.97. The van der Waals surface area contributed by atoms with Crippen LogP contribution in [0.3, 0.4) is 0 Å². The predicted octanol–water partition coefficient (Wildman–Crippen LogP) is 3.79. The molecule has 1 aliphatic rings. The molecule has 0 bridgehead atoms. The molecule has 0 aliphatic carbocycles. The third kappa shape index (κ3) is 4.28. The molecule has 166 valence electrons. The first-order chi connectivity index (χ1) is 15.3. The van der Waals surface area contributed by atoms with Crippen LogP contribution in [-0.2, 0) is 14.8 Å². The van der Waals surface area contributed by atoms with Crippen molar-refractivity contribution in [1.82, 2.24) is 9.29 Å². The second-order valence-electron chi connectivity index (χ2n) is 8.08. The monoisotopic (exact) mass is 451 g/mol. The number of aromatic nitrogens is 1. The van der Waals surface area contributed by atoms with E-state index in [0.717, 1.165) is 16.5 Å². The van der Waals surface area contributed by atoms with E-state index in [1.165, 1.54) is 35.5 Å². The molecule has 2 heterocycles. The summed E-state index contributed by atoms with van der Waals surface area (Å²) in [6.07, 6.45) is 2.61. The molecule has 3 aromatic rings. The van der Waals surface area contributed by atoms with E-state index in [9.17, 15) is 18.0 Å². The quantitative estimate of drug-likeness (QED) is 0.596. The van der Waals surface area contributed by atoms with Crippen molar-refractivity contribution < 1.29 is 18.0 Å². The number of carbonyl (C=O) groups is 2. The van der Waals surface area contributed by atoms with Crippen LogP contribution in [0.15, 0.2) is 59.6 Å². The summed E-state index contributed by atoms with van der Waals surface area (Å²) in [5, 5.41) is 3.89. The molecule has 1 amide bonds. The van der Waals surface area contributed by atoms with Crippen LogP contribution < -0.4 is 5.32 Å². The Labute approximate surface area is 187 Å². The molecule has 0 saturated carbocycles. The molecule has 32 heavy (non-hydrogen) atoms. The molecule has 0 radical (unpaired) electrons. The Balaban J connectivity index is 1.43. The number of nitrogens with one attached hydrogen (secondary N) is 1. The molecule has 1 N–H and O–H groups in total. The third-order valence-electron chi connectivity index (χ3n) is 5.95. The van der Waals surface area contributed by atoms with Crippen LogP contribution in [0.5, 0.6) is 0 Å². The number of hydrogen-bond donors (Lipinski definition) is 1. The molecule has 2 aromatic carbocycles. The van der Waals surface area contributed by atoms with E-state index in [-0.39, 0.29) is 35.6 Å². The smallest absolute Gasteiger partial charge is 0.243 e. The molecule has 1 aromatic heterocycles. The molecule has 0 unspecified atom stereocenters. The zero-order valence-corrected chi connectivity index (χ0v) is 18.9. The maximum atomic E-state index is 12.9. The number of carbonyl (C=O) groups excluding carboxylic acids is 2. The van der Waals surface area contributed by atoms with Crippen molar-refractivity contribution in [3.05, 3.63) is 65.9 Å². The van der Waals surface area contributed by atoms with Gasteiger partial charge in [-0.1, -0.05) is 18.2 Å². The number of fused-ring (bicyclic) bond motifs is 1. The molecule has 8 heteroatoms. The molecule has 0 atom stereocenters. The minimum absolute atomic E-state index is 0.109. The van der Waals surface area contributed by atoms with Crippen LogP contribution in [0, 0.1) is 12.8 Å². The normalized spacial score (nSPS) is 15.6. The first-order valence-electron chi connectivity index (χ1n) is 10.5. The summed E-state index contributed by atoms with van der Waals surface area (Å²) in [5.41, 5.74) is 3.07. The molecule has 0 spiro atoms. The summed E-state index contributed by atoms with van der Waals surface area (Å²) in [6, 6.07) is 13.5. The molecular weight excluding hydrogens is 426 g/mol. The Morgan fingerprint density at radius 3 is 2.38 bits per heavy atom. The number of amides is 1. The van der Waals surface area contributed by atoms with E-state index in [2.05, 4.69) is 10.3 Å². The van der Waals surface area contributed by atoms with Crippen molar-refractivity contribution in [1.29, 1.82) is 0 Å². The minimum Gasteiger partial charge on any atom is -0.325 e. The number of nitrogens with zero attached hydrogens (tertiary/aromatic N) is 2. The van der Waals surface area contributed by atoms with Gasteiger partial charge in [0, 0.05) is 36.2 Å². The number of pyridine rings is 1. The number of benzene rings is 2. The largest absolute Gasteiger partial charge is 0.325 e. The molecule has 1 aliphatic heterocycles. The summed E-state index contributed by atoms with van der Waals surface area (Å²) >= 11 is 0. The van der Waals surface area contributed by atoms with E-state index < -0.39 is 10.0 Å². The zero-order valence-electron chi connectivity index (χ0n) is 18.0. The fourth-order valence-corrected chi connectivity index (χ4v) is 5.50. The van der Waals surface area contributed by atoms with Crippen LogP contribution in [0.2, 0.25) is 0 Å². The van der Waals surface area contributed by atoms with E-state index in [1.807, 2.05) is 31.2 Å². The average molecular weight is 452 g/mol. The maximum Gasteiger partial charge on any atom is 0.243 e. The van der Waals surface area contributed by atoms with Crippen molar-refractivity contribution >= 4 is 38.3 Å². The first kappa shape index (κ1) is 22.1. The van der Waals surface area contributed by atoms with Gasteiger partial charge in [-0.05, 0) is 62.6 Å². The fraction of sp³-hybridized carbons (Fsp3) is 0.292. The Kier molecular flexibility index (Phi) is 6.08. The second kappa shape index (κ2) is 8.80. The van der Waals surface area contributed by atoms with Gasteiger partial charge in [-0.25, -0.2) is 8.42 Å². The first-order valence-corrected chi connectivity index (χ1v) is 12.0. The summed E-state index contributed by atoms with van der Waals surface area (Å²) in [4.78, 5) is 28.9. The van der Waals surface area contributed by atoms with Gasteiger partial charge in [0.1, 0.15) is 0 Å². The van der Waals surface area contributed by atoms with Crippen LogP contribution >= 0.6 is 0 Å². The van der Waals surface area contributed by atoms with Gasteiger partial charge < -0.3 is 5.32 Å². The number of sulfonamides is 1. The average Bonchev–Trinajstić information content (AvgIpc) is 2.81. The highest BCUT2D eigenvalue weighted by Crippen LogP contribution is 2.28. The van der Waals surface area contributed by atoms with Crippen LogP contribution in [-0.4, -0.2) is 42.5 Å². The standard InChI is InChI=1S/C24H25N3O4S/c1-16-5-10-22(21-4-3-13-25-23(16)21)26-24(29)19-11-14-27(15-12-19)32(30,31)20-8-6-18(7-9-20)17(2)28/h3-10,13,19H,11-12,14-15H2,1-2H3,(H,26,29). The maximum absolute atomic E-state index is 12.9. The predicted molar refractivity (Wildman–Crippen MR) is 123 cm³/mol.